The van der Waals surface area contributed by atoms with Gasteiger partial charge in [-0.15, -0.1) is 11.3 Å². The minimum atomic E-state index is -0.356. The SMILES string of the molecule is COC(=O)c1c(NC(=O)Cc2ccsc2)sc2c1CCCC2. The van der Waals surface area contributed by atoms with Crippen LogP contribution in [0, 0.1) is 0 Å². The highest BCUT2D eigenvalue weighted by Crippen LogP contribution is 2.38. The molecule has 1 N–H and O–H groups in total. The Hall–Kier alpha value is -1.66. The molecule has 1 aliphatic rings. The smallest absolute Gasteiger partial charge is 0.341 e. The van der Waals surface area contributed by atoms with E-state index in [1.807, 2.05) is 16.8 Å². The number of anilines is 1. The van der Waals surface area contributed by atoms with Gasteiger partial charge in [0.15, 0.2) is 0 Å². The summed E-state index contributed by atoms with van der Waals surface area (Å²) in [7, 11) is 1.38. The van der Waals surface area contributed by atoms with E-state index in [1.165, 1.54) is 23.3 Å². The lowest BCUT2D eigenvalue weighted by Crippen LogP contribution is -2.16. The molecule has 1 amide bonds. The summed E-state index contributed by atoms with van der Waals surface area (Å²) in [5.41, 5.74) is 2.61. The van der Waals surface area contributed by atoms with E-state index in [4.69, 9.17) is 4.74 Å². The number of thiophene rings is 2. The highest BCUT2D eigenvalue weighted by Gasteiger charge is 2.26. The van der Waals surface area contributed by atoms with Gasteiger partial charge in [-0.1, -0.05) is 0 Å². The van der Waals surface area contributed by atoms with E-state index in [-0.39, 0.29) is 11.9 Å². The molecule has 0 aliphatic heterocycles. The van der Waals surface area contributed by atoms with Crippen molar-refractivity contribution in [2.75, 3.05) is 12.4 Å². The summed E-state index contributed by atoms with van der Waals surface area (Å²) < 4.78 is 4.91. The van der Waals surface area contributed by atoms with Crippen LogP contribution in [0.1, 0.15) is 39.2 Å². The molecule has 22 heavy (non-hydrogen) atoms. The Kier molecular flexibility index (Phi) is 4.59. The molecular weight excluding hydrogens is 318 g/mol. The molecule has 116 valence electrons. The summed E-state index contributed by atoms with van der Waals surface area (Å²) in [5.74, 6) is -0.451. The lowest BCUT2D eigenvalue weighted by molar-refractivity contribution is -0.115. The zero-order valence-corrected chi connectivity index (χ0v) is 13.9. The number of esters is 1. The minimum Gasteiger partial charge on any atom is -0.465 e. The highest BCUT2D eigenvalue weighted by atomic mass is 32.1. The van der Waals surface area contributed by atoms with Crippen molar-refractivity contribution in [1.82, 2.24) is 0 Å². The first-order chi connectivity index (χ1) is 10.7. The first-order valence-electron chi connectivity index (χ1n) is 7.23. The van der Waals surface area contributed by atoms with Crippen LogP contribution in [0.2, 0.25) is 0 Å². The van der Waals surface area contributed by atoms with Crippen LogP contribution in [0.3, 0.4) is 0 Å². The van der Waals surface area contributed by atoms with Gasteiger partial charge in [0.05, 0.1) is 19.1 Å². The Balaban J connectivity index is 1.84. The zero-order valence-electron chi connectivity index (χ0n) is 12.3. The molecule has 0 aromatic carbocycles. The summed E-state index contributed by atoms with van der Waals surface area (Å²) in [6.45, 7) is 0. The number of aryl methyl sites for hydroxylation is 1. The summed E-state index contributed by atoms with van der Waals surface area (Å²) in [5, 5.41) is 7.45. The monoisotopic (exact) mass is 335 g/mol. The number of rotatable bonds is 4. The summed E-state index contributed by atoms with van der Waals surface area (Å²) in [6.07, 6.45) is 4.40. The fourth-order valence-electron chi connectivity index (χ4n) is 2.72. The highest BCUT2D eigenvalue weighted by molar-refractivity contribution is 7.17. The van der Waals surface area contributed by atoms with Crippen molar-refractivity contribution in [2.24, 2.45) is 0 Å². The van der Waals surface area contributed by atoms with Crippen LogP contribution >= 0.6 is 22.7 Å². The Morgan fingerprint density at radius 1 is 1.32 bits per heavy atom. The molecule has 2 aromatic heterocycles. The second-order valence-corrected chi connectivity index (χ2v) is 7.15. The summed E-state index contributed by atoms with van der Waals surface area (Å²) in [4.78, 5) is 25.5. The first-order valence-corrected chi connectivity index (χ1v) is 8.98. The van der Waals surface area contributed by atoms with Crippen molar-refractivity contribution in [3.8, 4) is 0 Å². The van der Waals surface area contributed by atoms with E-state index < -0.39 is 0 Å². The average Bonchev–Trinajstić information content (AvgIpc) is 3.13. The molecule has 0 saturated heterocycles. The molecule has 2 heterocycles. The van der Waals surface area contributed by atoms with Gasteiger partial charge in [-0.3, -0.25) is 4.79 Å². The van der Waals surface area contributed by atoms with Gasteiger partial charge in [-0.05, 0) is 53.6 Å². The van der Waals surface area contributed by atoms with E-state index in [0.29, 0.717) is 17.0 Å². The van der Waals surface area contributed by atoms with Crippen LogP contribution in [0.4, 0.5) is 5.00 Å². The van der Waals surface area contributed by atoms with E-state index in [9.17, 15) is 9.59 Å². The third-order valence-electron chi connectivity index (χ3n) is 3.76. The molecule has 6 heteroatoms. The number of hydrogen-bond donors (Lipinski definition) is 1. The normalized spacial score (nSPS) is 13.5. The predicted molar refractivity (Wildman–Crippen MR) is 89.0 cm³/mol. The van der Waals surface area contributed by atoms with Crippen molar-refractivity contribution in [1.29, 1.82) is 0 Å². The van der Waals surface area contributed by atoms with Crippen molar-refractivity contribution in [3.05, 3.63) is 38.4 Å². The maximum absolute atomic E-state index is 12.2. The van der Waals surface area contributed by atoms with Gasteiger partial charge in [0.2, 0.25) is 5.91 Å². The number of amides is 1. The number of carbonyl (C=O) groups is 2. The molecule has 0 bridgehead atoms. The molecule has 0 radical (unpaired) electrons. The Labute approximate surface area is 137 Å². The Morgan fingerprint density at radius 3 is 2.86 bits per heavy atom. The van der Waals surface area contributed by atoms with Gasteiger partial charge < -0.3 is 10.1 Å². The second-order valence-electron chi connectivity index (χ2n) is 5.26. The van der Waals surface area contributed by atoms with Crippen LogP contribution in [-0.4, -0.2) is 19.0 Å². The molecule has 0 atom stereocenters. The van der Waals surface area contributed by atoms with Crippen molar-refractivity contribution >= 4 is 39.6 Å². The Bertz CT molecular complexity index is 689. The number of methoxy groups -OCH3 is 1. The number of carbonyl (C=O) groups excluding carboxylic acids is 2. The fraction of sp³-hybridized carbons (Fsp3) is 0.375. The van der Waals surface area contributed by atoms with Crippen molar-refractivity contribution in [2.45, 2.75) is 32.1 Å². The van der Waals surface area contributed by atoms with Crippen molar-refractivity contribution < 1.29 is 14.3 Å². The minimum absolute atomic E-state index is 0.0952. The van der Waals surface area contributed by atoms with E-state index in [1.54, 1.807) is 11.3 Å². The number of fused-ring (bicyclic) bond motifs is 1. The Morgan fingerprint density at radius 2 is 2.14 bits per heavy atom. The van der Waals surface area contributed by atoms with E-state index in [0.717, 1.165) is 36.8 Å². The summed E-state index contributed by atoms with van der Waals surface area (Å²) >= 11 is 3.09. The molecule has 2 aromatic rings. The van der Waals surface area contributed by atoms with Crippen molar-refractivity contribution in [3.63, 3.8) is 0 Å². The average molecular weight is 335 g/mol. The van der Waals surface area contributed by atoms with Crippen LogP contribution in [0.15, 0.2) is 16.8 Å². The van der Waals surface area contributed by atoms with Gasteiger partial charge >= 0.3 is 5.97 Å². The zero-order chi connectivity index (χ0) is 15.5. The van der Waals surface area contributed by atoms with Gasteiger partial charge in [0.25, 0.3) is 0 Å². The van der Waals surface area contributed by atoms with Crippen LogP contribution in [0.5, 0.6) is 0 Å². The molecule has 0 fully saturated rings. The third kappa shape index (κ3) is 3.08. The predicted octanol–water partition coefficient (Wildman–Crippen LogP) is 3.66. The van der Waals surface area contributed by atoms with Crippen LogP contribution in [0.25, 0.3) is 0 Å². The lowest BCUT2D eigenvalue weighted by Gasteiger charge is -2.11. The number of ether oxygens (including phenoxy) is 1. The third-order valence-corrected chi connectivity index (χ3v) is 5.70. The van der Waals surface area contributed by atoms with Crippen LogP contribution < -0.4 is 5.32 Å². The maximum Gasteiger partial charge on any atom is 0.341 e. The van der Waals surface area contributed by atoms with Gasteiger partial charge in [-0.2, -0.15) is 11.3 Å². The summed E-state index contributed by atoms with van der Waals surface area (Å²) in [6, 6.07) is 1.94. The molecule has 4 nitrogen and oxygen atoms in total. The molecule has 0 unspecified atom stereocenters. The molecular formula is C16H17NO3S2. The standard InChI is InChI=1S/C16H17NO3S2/c1-20-16(19)14-11-4-2-3-5-12(11)22-15(14)17-13(18)8-10-6-7-21-9-10/h6-7,9H,2-5,8H2,1H3,(H,17,18). The lowest BCUT2D eigenvalue weighted by atomic mass is 9.95. The van der Waals surface area contributed by atoms with Gasteiger partial charge in [-0.25, -0.2) is 4.79 Å². The fourth-order valence-corrected chi connectivity index (χ4v) is 4.68. The molecule has 0 saturated carbocycles. The number of hydrogen-bond acceptors (Lipinski definition) is 5. The van der Waals surface area contributed by atoms with Gasteiger partial charge in [0, 0.05) is 4.88 Å². The molecule has 1 aliphatic carbocycles. The molecule has 0 spiro atoms. The number of nitrogens with one attached hydrogen (secondary N) is 1. The van der Waals surface area contributed by atoms with Gasteiger partial charge in [0.1, 0.15) is 5.00 Å². The quantitative estimate of drug-likeness (QED) is 0.868. The second kappa shape index (κ2) is 6.62. The largest absolute Gasteiger partial charge is 0.465 e. The molecule has 3 rings (SSSR count). The van der Waals surface area contributed by atoms with Crippen LogP contribution in [-0.2, 0) is 28.8 Å². The first kappa shape index (κ1) is 15.2. The van der Waals surface area contributed by atoms with E-state index >= 15 is 0 Å². The topological polar surface area (TPSA) is 55.4 Å². The maximum atomic E-state index is 12.2. The van der Waals surface area contributed by atoms with E-state index in [2.05, 4.69) is 5.32 Å².